The molecule has 0 fully saturated rings. The Hall–Kier alpha value is -1.86. The van der Waals surface area contributed by atoms with E-state index in [0.29, 0.717) is 5.02 Å². The lowest BCUT2D eigenvalue weighted by molar-refractivity contribution is 0.600. The molecular formula is C10H8ClN3O3S. The lowest BCUT2D eigenvalue weighted by atomic mass is 10.5. The second-order valence-corrected chi connectivity index (χ2v) is 5.47. The first-order chi connectivity index (χ1) is 8.47. The van der Waals surface area contributed by atoms with Gasteiger partial charge in [0, 0.05) is 18.5 Å². The third kappa shape index (κ3) is 2.88. The van der Waals surface area contributed by atoms with Gasteiger partial charge in [-0.1, -0.05) is 11.6 Å². The average molecular weight is 286 g/mol. The van der Waals surface area contributed by atoms with E-state index in [1.54, 1.807) is 0 Å². The molecule has 0 aliphatic carbocycles. The summed E-state index contributed by atoms with van der Waals surface area (Å²) in [5.74, 6) is 0.144. The van der Waals surface area contributed by atoms with E-state index < -0.39 is 10.0 Å². The lowest BCUT2D eigenvalue weighted by Crippen LogP contribution is -2.15. The van der Waals surface area contributed by atoms with Crippen LogP contribution in [0.25, 0.3) is 0 Å². The monoisotopic (exact) mass is 285 g/mol. The maximum atomic E-state index is 11.9. The summed E-state index contributed by atoms with van der Waals surface area (Å²) in [5, 5.41) is 0.405. The predicted molar refractivity (Wildman–Crippen MR) is 67.1 cm³/mol. The van der Waals surface area contributed by atoms with Gasteiger partial charge in [-0.15, -0.1) is 0 Å². The van der Waals surface area contributed by atoms with Gasteiger partial charge >= 0.3 is 0 Å². The van der Waals surface area contributed by atoms with Crippen LogP contribution in [0, 0.1) is 0 Å². The molecule has 0 radical (unpaired) electrons. The van der Waals surface area contributed by atoms with Crippen LogP contribution in [-0.2, 0) is 10.0 Å². The fraction of sp³-hybridized carbons (Fsp3) is 0. The molecule has 2 aromatic heterocycles. The smallest absolute Gasteiger partial charge is 0.264 e. The summed E-state index contributed by atoms with van der Waals surface area (Å²) in [4.78, 5) is 16.9. The first kappa shape index (κ1) is 12.6. The number of aromatic nitrogens is 2. The molecule has 0 spiro atoms. The summed E-state index contributed by atoms with van der Waals surface area (Å²) < 4.78 is 26.0. The highest BCUT2D eigenvalue weighted by atomic mass is 35.5. The molecule has 6 nitrogen and oxygen atoms in total. The van der Waals surface area contributed by atoms with Gasteiger partial charge in [0.2, 0.25) is 5.56 Å². The topological polar surface area (TPSA) is 91.9 Å². The van der Waals surface area contributed by atoms with Gasteiger partial charge in [-0.3, -0.25) is 9.52 Å². The fourth-order valence-electron chi connectivity index (χ4n) is 1.20. The molecule has 0 saturated heterocycles. The Morgan fingerprint density at radius 2 is 2.00 bits per heavy atom. The molecule has 2 heterocycles. The Bertz CT molecular complexity index is 689. The van der Waals surface area contributed by atoms with Gasteiger partial charge in [0.25, 0.3) is 10.0 Å². The maximum absolute atomic E-state index is 11.9. The normalized spacial score (nSPS) is 11.2. The van der Waals surface area contributed by atoms with Crippen molar-refractivity contribution in [3.63, 3.8) is 0 Å². The van der Waals surface area contributed by atoms with Crippen LogP contribution >= 0.6 is 11.6 Å². The molecule has 0 atom stereocenters. The van der Waals surface area contributed by atoms with Crippen LogP contribution in [0.1, 0.15) is 0 Å². The standard InChI is InChI=1S/C10H8ClN3O3S/c11-7-1-3-9(12-5-7)14-18(16,17)8-2-4-10(15)13-6-8/h1-6H,(H,12,14)(H,13,15). The third-order valence-corrected chi connectivity index (χ3v) is 3.61. The Morgan fingerprint density at radius 1 is 1.22 bits per heavy atom. The zero-order chi connectivity index (χ0) is 13.2. The minimum absolute atomic E-state index is 0.0566. The van der Waals surface area contributed by atoms with Crippen LogP contribution in [0.2, 0.25) is 5.02 Å². The van der Waals surface area contributed by atoms with E-state index in [0.717, 1.165) is 12.3 Å². The number of sulfonamides is 1. The van der Waals surface area contributed by atoms with Gasteiger partial charge < -0.3 is 4.98 Å². The van der Waals surface area contributed by atoms with E-state index in [-0.39, 0.29) is 16.3 Å². The van der Waals surface area contributed by atoms with Gasteiger partial charge in [-0.05, 0) is 18.2 Å². The number of hydrogen-bond acceptors (Lipinski definition) is 4. The summed E-state index contributed by atoms with van der Waals surface area (Å²) in [6.45, 7) is 0. The number of H-pyrrole nitrogens is 1. The highest BCUT2D eigenvalue weighted by molar-refractivity contribution is 7.92. The molecule has 0 amide bonds. The first-order valence-corrected chi connectivity index (χ1v) is 6.67. The number of rotatable bonds is 3. The number of aromatic amines is 1. The summed E-state index contributed by atoms with van der Waals surface area (Å²) in [5.41, 5.74) is -0.376. The van der Waals surface area contributed by atoms with Crippen LogP contribution in [0.3, 0.4) is 0 Å². The number of hydrogen-bond donors (Lipinski definition) is 2. The predicted octanol–water partition coefficient (Wildman–Crippen LogP) is 1.22. The van der Waals surface area contributed by atoms with E-state index in [2.05, 4.69) is 14.7 Å². The molecule has 8 heteroatoms. The molecule has 0 aromatic carbocycles. The molecule has 0 bridgehead atoms. The summed E-state index contributed by atoms with van der Waals surface area (Å²) in [6.07, 6.45) is 2.44. The van der Waals surface area contributed by atoms with E-state index >= 15 is 0 Å². The average Bonchev–Trinajstić information content (AvgIpc) is 2.32. The van der Waals surface area contributed by atoms with Gasteiger partial charge in [0.1, 0.15) is 10.7 Å². The van der Waals surface area contributed by atoms with Gasteiger partial charge in [0.05, 0.1) is 5.02 Å². The first-order valence-electron chi connectivity index (χ1n) is 4.80. The van der Waals surface area contributed by atoms with Gasteiger partial charge in [0.15, 0.2) is 0 Å². The highest BCUT2D eigenvalue weighted by Gasteiger charge is 2.14. The van der Waals surface area contributed by atoms with Gasteiger partial charge in [-0.2, -0.15) is 0 Å². The molecule has 94 valence electrons. The number of nitrogens with one attached hydrogen (secondary N) is 2. The van der Waals surface area contributed by atoms with Crippen LogP contribution in [-0.4, -0.2) is 18.4 Å². The SMILES string of the molecule is O=c1ccc(S(=O)(=O)Nc2ccc(Cl)cn2)c[nH]1. The maximum Gasteiger partial charge on any atom is 0.264 e. The second kappa shape index (κ2) is 4.79. The van der Waals surface area contributed by atoms with Crippen molar-refractivity contribution < 1.29 is 8.42 Å². The summed E-state index contributed by atoms with van der Waals surface area (Å²) in [7, 11) is -3.77. The minimum Gasteiger partial charge on any atom is -0.328 e. The van der Waals surface area contributed by atoms with Crippen molar-refractivity contribution in [3.8, 4) is 0 Å². The minimum atomic E-state index is -3.77. The molecule has 2 aromatic rings. The Balaban J connectivity index is 2.29. The molecule has 0 unspecified atom stereocenters. The molecular weight excluding hydrogens is 278 g/mol. The molecule has 0 aliphatic heterocycles. The summed E-state index contributed by atoms with van der Waals surface area (Å²) in [6, 6.07) is 5.28. The molecule has 2 N–H and O–H groups in total. The van der Waals surface area contributed by atoms with Crippen molar-refractivity contribution in [2.75, 3.05) is 4.72 Å². The fourth-order valence-corrected chi connectivity index (χ4v) is 2.28. The van der Waals surface area contributed by atoms with Crippen molar-refractivity contribution in [3.05, 3.63) is 52.0 Å². The van der Waals surface area contributed by atoms with E-state index in [9.17, 15) is 13.2 Å². The third-order valence-electron chi connectivity index (χ3n) is 2.03. The quantitative estimate of drug-likeness (QED) is 0.887. The molecule has 2 rings (SSSR count). The largest absolute Gasteiger partial charge is 0.328 e. The van der Waals surface area contributed by atoms with Crippen molar-refractivity contribution >= 4 is 27.4 Å². The Morgan fingerprint density at radius 3 is 2.56 bits per heavy atom. The molecule has 18 heavy (non-hydrogen) atoms. The van der Waals surface area contributed by atoms with Crippen LogP contribution < -0.4 is 10.3 Å². The second-order valence-electron chi connectivity index (χ2n) is 3.36. The number of pyridine rings is 2. The van der Waals surface area contributed by atoms with Crippen LogP contribution in [0.5, 0.6) is 0 Å². The van der Waals surface area contributed by atoms with Crippen molar-refractivity contribution in [1.29, 1.82) is 0 Å². The van der Waals surface area contributed by atoms with Crippen LogP contribution in [0.15, 0.2) is 46.3 Å². The van der Waals surface area contributed by atoms with E-state index in [1.165, 1.54) is 24.4 Å². The van der Waals surface area contributed by atoms with Gasteiger partial charge in [-0.25, -0.2) is 13.4 Å². The summed E-state index contributed by atoms with van der Waals surface area (Å²) >= 11 is 5.64. The number of anilines is 1. The zero-order valence-electron chi connectivity index (χ0n) is 8.92. The van der Waals surface area contributed by atoms with E-state index in [4.69, 9.17) is 11.6 Å². The number of nitrogens with zero attached hydrogens (tertiary/aromatic N) is 1. The zero-order valence-corrected chi connectivity index (χ0v) is 10.5. The molecule has 0 saturated carbocycles. The Labute approximate surface area is 108 Å². The van der Waals surface area contributed by atoms with Crippen molar-refractivity contribution in [1.82, 2.24) is 9.97 Å². The highest BCUT2D eigenvalue weighted by Crippen LogP contribution is 2.14. The molecule has 0 aliphatic rings. The van der Waals surface area contributed by atoms with Crippen molar-refractivity contribution in [2.45, 2.75) is 4.90 Å². The van der Waals surface area contributed by atoms with E-state index in [1.807, 2.05) is 0 Å². The van der Waals surface area contributed by atoms with Crippen molar-refractivity contribution in [2.24, 2.45) is 0 Å². The Kier molecular flexibility index (Phi) is 3.35. The van der Waals surface area contributed by atoms with Crippen LogP contribution in [0.4, 0.5) is 5.82 Å². The number of halogens is 1. The lowest BCUT2D eigenvalue weighted by Gasteiger charge is -2.06.